The number of amides is 2. The average molecular weight is 349 g/mol. The molecule has 3 N–H and O–H groups in total. The molecule has 6 nitrogen and oxygen atoms in total. The first-order valence-electron chi connectivity index (χ1n) is 8.75. The minimum absolute atomic E-state index is 0.00333. The third kappa shape index (κ3) is 6.14. The first kappa shape index (κ1) is 21.1. The number of hydrogen-bond acceptors (Lipinski definition) is 4. The van der Waals surface area contributed by atoms with Gasteiger partial charge in [-0.3, -0.25) is 9.59 Å². The minimum Gasteiger partial charge on any atom is -0.377 e. The molecule has 0 aliphatic heterocycles. The second kappa shape index (κ2) is 10.2. The van der Waals surface area contributed by atoms with Crippen molar-refractivity contribution in [2.75, 3.05) is 19.5 Å². The van der Waals surface area contributed by atoms with Gasteiger partial charge in [0.1, 0.15) is 6.04 Å². The number of carbonyl (C=O) groups excluding carboxylic acids is 2. The van der Waals surface area contributed by atoms with E-state index in [0.29, 0.717) is 5.69 Å². The fourth-order valence-corrected chi connectivity index (χ4v) is 2.74. The quantitative estimate of drug-likeness (QED) is 0.640. The molecule has 2 unspecified atom stereocenters. The third-order valence-electron chi connectivity index (χ3n) is 4.19. The van der Waals surface area contributed by atoms with Crippen LogP contribution < -0.4 is 16.0 Å². The van der Waals surface area contributed by atoms with Gasteiger partial charge >= 0.3 is 0 Å². The lowest BCUT2D eigenvalue weighted by Crippen LogP contribution is -2.51. The largest absolute Gasteiger partial charge is 0.377 e. The molecule has 0 aliphatic carbocycles. The number of methoxy groups -OCH3 is 1. The van der Waals surface area contributed by atoms with E-state index in [1.165, 1.54) is 0 Å². The zero-order chi connectivity index (χ0) is 19.0. The van der Waals surface area contributed by atoms with Crippen molar-refractivity contribution in [1.29, 1.82) is 0 Å². The second-order valence-electron chi connectivity index (χ2n) is 6.49. The van der Waals surface area contributed by atoms with E-state index < -0.39 is 6.04 Å². The third-order valence-corrected chi connectivity index (χ3v) is 4.19. The van der Waals surface area contributed by atoms with Crippen molar-refractivity contribution in [2.24, 2.45) is 5.92 Å². The van der Waals surface area contributed by atoms with Gasteiger partial charge in [0.25, 0.3) is 0 Å². The monoisotopic (exact) mass is 349 g/mol. The molecule has 6 heteroatoms. The summed E-state index contributed by atoms with van der Waals surface area (Å²) in [4.78, 5) is 24.6. The molecule has 25 heavy (non-hydrogen) atoms. The highest BCUT2D eigenvalue weighted by molar-refractivity contribution is 5.97. The Kier molecular flexibility index (Phi) is 8.58. The molecule has 0 heterocycles. The lowest BCUT2D eigenvalue weighted by atomic mass is 10.0. The Morgan fingerprint density at radius 3 is 2.36 bits per heavy atom. The van der Waals surface area contributed by atoms with Gasteiger partial charge in [0.05, 0.1) is 12.1 Å². The molecule has 0 radical (unpaired) electrons. The molecule has 0 saturated heterocycles. The maximum Gasteiger partial charge on any atom is 0.246 e. The molecule has 1 aromatic rings. The zero-order valence-corrected chi connectivity index (χ0v) is 16.1. The van der Waals surface area contributed by atoms with Crippen molar-refractivity contribution < 1.29 is 14.3 Å². The van der Waals surface area contributed by atoms with E-state index in [1.807, 2.05) is 45.0 Å². The van der Waals surface area contributed by atoms with Crippen LogP contribution in [0.2, 0.25) is 0 Å². The van der Waals surface area contributed by atoms with Gasteiger partial charge in [0.2, 0.25) is 11.8 Å². The van der Waals surface area contributed by atoms with Gasteiger partial charge in [-0.25, -0.2) is 0 Å². The Labute approximate surface area is 150 Å². The fourth-order valence-electron chi connectivity index (χ4n) is 2.74. The van der Waals surface area contributed by atoms with Gasteiger partial charge in [-0.1, -0.05) is 32.9 Å². The van der Waals surface area contributed by atoms with Crippen LogP contribution >= 0.6 is 0 Å². The van der Waals surface area contributed by atoms with Crippen LogP contribution in [0.5, 0.6) is 0 Å². The number of nitrogens with one attached hydrogen (secondary N) is 3. The van der Waals surface area contributed by atoms with E-state index in [1.54, 1.807) is 21.1 Å². The standard InChI is InChI=1S/C19H31N3O3/c1-7-16(25-6)14-9-8-10-15(11-14)22-18(23)13(4)21-19(24)17(20-5)12(2)3/h8-13,16-17,20H,7H2,1-6H3,(H,21,24)(H,22,23)/t13-,16?,17?/m0/s1. The number of likely N-dealkylation sites (N-methyl/N-ethyl adjacent to an activating group) is 1. The van der Waals surface area contributed by atoms with Crippen molar-refractivity contribution in [3.8, 4) is 0 Å². The summed E-state index contributed by atoms with van der Waals surface area (Å²) in [6, 6.07) is 6.61. The first-order valence-corrected chi connectivity index (χ1v) is 8.75. The molecule has 0 aliphatic rings. The SMILES string of the molecule is CCC(OC)c1cccc(NC(=O)[C@H](C)NC(=O)C(NC)C(C)C)c1. The number of benzene rings is 1. The maximum atomic E-state index is 12.4. The molecule has 140 valence electrons. The minimum atomic E-state index is -0.629. The van der Waals surface area contributed by atoms with Crippen molar-refractivity contribution in [3.63, 3.8) is 0 Å². The van der Waals surface area contributed by atoms with Crippen molar-refractivity contribution >= 4 is 17.5 Å². The Morgan fingerprint density at radius 2 is 1.84 bits per heavy atom. The van der Waals surface area contributed by atoms with E-state index in [9.17, 15) is 9.59 Å². The van der Waals surface area contributed by atoms with Crippen LogP contribution in [0.15, 0.2) is 24.3 Å². The lowest BCUT2D eigenvalue weighted by molar-refractivity contribution is -0.128. The number of anilines is 1. The summed E-state index contributed by atoms with van der Waals surface area (Å²) in [6.07, 6.45) is 0.845. The molecule has 0 bridgehead atoms. The molecule has 0 aromatic heterocycles. The fraction of sp³-hybridized carbons (Fsp3) is 0.579. The van der Waals surface area contributed by atoms with Crippen LogP contribution in [-0.2, 0) is 14.3 Å². The molecule has 0 spiro atoms. The summed E-state index contributed by atoms with van der Waals surface area (Å²) in [5, 5.41) is 8.57. The van der Waals surface area contributed by atoms with E-state index in [0.717, 1.165) is 12.0 Å². The molecule has 3 atom stereocenters. The lowest BCUT2D eigenvalue weighted by Gasteiger charge is -2.22. The van der Waals surface area contributed by atoms with Crippen molar-refractivity contribution in [3.05, 3.63) is 29.8 Å². The summed E-state index contributed by atoms with van der Waals surface area (Å²) in [6.45, 7) is 7.63. The van der Waals surface area contributed by atoms with E-state index in [-0.39, 0.29) is 29.9 Å². The van der Waals surface area contributed by atoms with E-state index in [2.05, 4.69) is 16.0 Å². The van der Waals surface area contributed by atoms with Crippen LogP contribution in [0.25, 0.3) is 0 Å². The normalized spacial score (nSPS) is 14.7. The number of carbonyl (C=O) groups is 2. The van der Waals surface area contributed by atoms with Gasteiger partial charge in [-0.05, 0) is 44.0 Å². The second-order valence-corrected chi connectivity index (χ2v) is 6.49. The average Bonchev–Trinajstić information content (AvgIpc) is 2.56. The van der Waals surface area contributed by atoms with Crippen LogP contribution in [0.4, 0.5) is 5.69 Å². The molecule has 1 aromatic carbocycles. The Hall–Kier alpha value is -1.92. The summed E-state index contributed by atoms with van der Waals surface area (Å²) in [5.41, 5.74) is 1.70. The van der Waals surface area contributed by atoms with Crippen LogP contribution in [0.1, 0.15) is 45.8 Å². The first-order chi connectivity index (χ1) is 11.8. The summed E-state index contributed by atoms with van der Waals surface area (Å²) in [7, 11) is 3.41. The summed E-state index contributed by atoms with van der Waals surface area (Å²) in [5.74, 6) is -0.300. The Morgan fingerprint density at radius 1 is 1.16 bits per heavy atom. The van der Waals surface area contributed by atoms with Gasteiger partial charge < -0.3 is 20.7 Å². The van der Waals surface area contributed by atoms with Crippen LogP contribution in [0.3, 0.4) is 0 Å². The predicted molar refractivity (Wildman–Crippen MR) is 100 cm³/mol. The van der Waals surface area contributed by atoms with E-state index in [4.69, 9.17) is 4.74 Å². The number of ether oxygens (including phenoxy) is 1. The molecular formula is C19H31N3O3. The summed E-state index contributed by atoms with van der Waals surface area (Å²) >= 11 is 0. The van der Waals surface area contributed by atoms with Gasteiger partial charge in [0, 0.05) is 12.8 Å². The van der Waals surface area contributed by atoms with Crippen molar-refractivity contribution in [2.45, 2.75) is 52.3 Å². The highest BCUT2D eigenvalue weighted by Gasteiger charge is 2.24. The number of hydrogen-bond donors (Lipinski definition) is 3. The van der Waals surface area contributed by atoms with Crippen LogP contribution in [-0.4, -0.2) is 38.1 Å². The number of rotatable bonds is 9. The van der Waals surface area contributed by atoms with Crippen LogP contribution in [0, 0.1) is 5.92 Å². The smallest absolute Gasteiger partial charge is 0.246 e. The van der Waals surface area contributed by atoms with Gasteiger partial charge in [-0.2, -0.15) is 0 Å². The van der Waals surface area contributed by atoms with Gasteiger partial charge in [0.15, 0.2) is 0 Å². The Bertz CT molecular complexity index is 571. The molecule has 0 fully saturated rings. The predicted octanol–water partition coefficient (Wildman–Crippen LogP) is 2.47. The Balaban J connectivity index is 2.72. The molecule has 2 amide bonds. The summed E-state index contributed by atoms with van der Waals surface area (Å²) < 4.78 is 5.43. The highest BCUT2D eigenvalue weighted by Crippen LogP contribution is 2.22. The topological polar surface area (TPSA) is 79.5 Å². The molecular weight excluding hydrogens is 318 g/mol. The molecule has 1 rings (SSSR count). The van der Waals surface area contributed by atoms with E-state index >= 15 is 0 Å². The van der Waals surface area contributed by atoms with Gasteiger partial charge in [-0.15, -0.1) is 0 Å². The van der Waals surface area contributed by atoms with Crippen molar-refractivity contribution in [1.82, 2.24) is 10.6 Å². The highest BCUT2D eigenvalue weighted by atomic mass is 16.5. The molecule has 0 saturated carbocycles. The maximum absolute atomic E-state index is 12.4. The zero-order valence-electron chi connectivity index (χ0n) is 16.1.